The van der Waals surface area contributed by atoms with Gasteiger partial charge in [0.1, 0.15) is 5.82 Å². The molecule has 25 heavy (non-hydrogen) atoms. The number of aryl methyl sites for hydroxylation is 1. The molecule has 1 aromatic carbocycles. The monoisotopic (exact) mass is 333 g/mol. The van der Waals surface area contributed by atoms with Crippen LogP contribution in [0.4, 0.5) is 0 Å². The van der Waals surface area contributed by atoms with Gasteiger partial charge in [0.15, 0.2) is 5.82 Å². The van der Waals surface area contributed by atoms with Crippen LogP contribution in [-0.4, -0.2) is 37.5 Å². The largest absolute Gasteiger partial charge is 0.299 e. The second-order valence-electron chi connectivity index (χ2n) is 6.65. The summed E-state index contributed by atoms with van der Waals surface area (Å²) >= 11 is 0. The van der Waals surface area contributed by atoms with E-state index in [-0.39, 0.29) is 0 Å². The molecule has 3 aromatic rings. The molecular formula is C20H23N5. The van der Waals surface area contributed by atoms with Crippen LogP contribution in [0.15, 0.2) is 55.1 Å². The summed E-state index contributed by atoms with van der Waals surface area (Å²) in [6.07, 6.45) is 9.59. The first-order valence-electron chi connectivity index (χ1n) is 8.89. The Labute approximate surface area is 148 Å². The summed E-state index contributed by atoms with van der Waals surface area (Å²) in [6, 6.07) is 10.7. The molecule has 4 rings (SSSR count). The van der Waals surface area contributed by atoms with Gasteiger partial charge in [-0.2, -0.15) is 0 Å². The quantitative estimate of drug-likeness (QED) is 0.734. The summed E-state index contributed by atoms with van der Waals surface area (Å²) in [5.41, 5.74) is 2.48. The van der Waals surface area contributed by atoms with Crippen LogP contribution in [0.25, 0.3) is 5.82 Å². The van der Waals surface area contributed by atoms with Gasteiger partial charge in [-0.05, 0) is 38.4 Å². The zero-order chi connectivity index (χ0) is 17.1. The van der Waals surface area contributed by atoms with Gasteiger partial charge in [0.25, 0.3) is 0 Å². The number of hydrogen-bond acceptors (Lipinski definition) is 4. The van der Waals surface area contributed by atoms with Crippen molar-refractivity contribution in [3.05, 3.63) is 72.2 Å². The maximum Gasteiger partial charge on any atom is 0.160 e. The van der Waals surface area contributed by atoms with Gasteiger partial charge < -0.3 is 0 Å². The molecule has 5 heteroatoms. The number of likely N-dealkylation sites (tertiary alicyclic amines) is 1. The fourth-order valence-corrected chi connectivity index (χ4v) is 3.62. The summed E-state index contributed by atoms with van der Waals surface area (Å²) in [6.45, 7) is 5.22. The zero-order valence-corrected chi connectivity index (χ0v) is 14.5. The van der Waals surface area contributed by atoms with Crippen LogP contribution in [0.3, 0.4) is 0 Å². The maximum atomic E-state index is 4.68. The molecule has 2 aromatic heterocycles. The first-order valence-corrected chi connectivity index (χ1v) is 8.89. The van der Waals surface area contributed by atoms with Crippen LogP contribution in [0.5, 0.6) is 0 Å². The molecule has 0 N–H and O–H groups in total. The number of piperidine rings is 1. The van der Waals surface area contributed by atoms with Crippen molar-refractivity contribution in [3.8, 4) is 5.82 Å². The van der Waals surface area contributed by atoms with E-state index in [1.807, 2.05) is 23.9 Å². The molecule has 5 nitrogen and oxygen atoms in total. The van der Waals surface area contributed by atoms with Crippen LogP contribution >= 0.6 is 0 Å². The molecule has 0 unspecified atom stereocenters. The minimum atomic E-state index is 0.456. The third-order valence-electron chi connectivity index (χ3n) is 4.98. The van der Waals surface area contributed by atoms with Crippen molar-refractivity contribution < 1.29 is 0 Å². The number of hydrogen-bond donors (Lipinski definition) is 0. The molecule has 0 amide bonds. The van der Waals surface area contributed by atoms with E-state index in [4.69, 9.17) is 0 Å². The third kappa shape index (κ3) is 3.46. The smallest absolute Gasteiger partial charge is 0.160 e. The Bertz CT molecular complexity index is 819. The summed E-state index contributed by atoms with van der Waals surface area (Å²) < 4.78 is 2.04. The normalized spacial score (nSPS) is 16.2. The number of rotatable bonds is 4. The highest BCUT2D eigenvalue weighted by molar-refractivity contribution is 5.32. The number of aromatic nitrogens is 4. The van der Waals surface area contributed by atoms with Crippen LogP contribution < -0.4 is 0 Å². The van der Waals surface area contributed by atoms with E-state index >= 15 is 0 Å². The Hall–Kier alpha value is -2.53. The van der Waals surface area contributed by atoms with E-state index in [0.717, 1.165) is 49.8 Å². The van der Waals surface area contributed by atoms with Gasteiger partial charge in [-0.15, -0.1) is 0 Å². The zero-order valence-electron chi connectivity index (χ0n) is 14.5. The maximum absolute atomic E-state index is 4.68. The van der Waals surface area contributed by atoms with Crippen LogP contribution in [0, 0.1) is 6.92 Å². The number of benzene rings is 1. The molecule has 0 radical (unpaired) electrons. The Morgan fingerprint density at radius 3 is 2.44 bits per heavy atom. The Morgan fingerprint density at radius 1 is 0.960 bits per heavy atom. The van der Waals surface area contributed by atoms with Gasteiger partial charge in [0.05, 0.1) is 5.69 Å². The molecule has 0 saturated carbocycles. The Morgan fingerprint density at radius 2 is 1.72 bits per heavy atom. The standard InChI is InChI=1S/C20H23N5/c1-16-21-11-14-25(16)20-19(22-9-10-23-20)18-7-12-24(13-8-18)15-17-5-3-2-4-6-17/h2-6,9-11,14,18H,7-8,12-13,15H2,1H3. The van der Waals surface area contributed by atoms with Gasteiger partial charge in [-0.1, -0.05) is 30.3 Å². The molecule has 3 heterocycles. The molecule has 1 saturated heterocycles. The average Bonchev–Trinajstić information content (AvgIpc) is 3.09. The fourth-order valence-electron chi connectivity index (χ4n) is 3.62. The van der Waals surface area contributed by atoms with Crippen molar-refractivity contribution >= 4 is 0 Å². The molecule has 0 atom stereocenters. The molecule has 128 valence electrons. The van der Waals surface area contributed by atoms with E-state index in [0.29, 0.717) is 5.92 Å². The van der Waals surface area contributed by atoms with E-state index in [1.54, 1.807) is 12.4 Å². The SMILES string of the molecule is Cc1nccn1-c1nccnc1C1CCN(Cc2ccccc2)CC1. The van der Waals surface area contributed by atoms with Gasteiger partial charge in [-0.3, -0.25) is 14.5 Å². The molecule has 1 aliphatic rings. The first kappa shape index (κ1) is 16.0. The topological polar surface area (TPSA) is 46.8 Å². The van der Waals surface area contributed by atoms with E-state index in [9.17, 15) is 0 Å². The molecule has 0 spiro atoms. The summed E-state index contributed by atoms with van der Waals surface area (Å²) in [4.78, 5) is 16.1. The predicted octanol–water partition coefficient (Wildman–Crippen LogP) is 3.35. The molecule has 0 aliphatic carbocycles. The number of nitrogens with zero attached hydrogens (tertiary/aromatic N) is 5. The van der Waals surface area contributed by atoms with Gasteiger partial charge in [-0.25, -0.2) is 9.97 Å². The van der Waals surface area contributed by atoms with E-state index < -0.39 is 0 Å². The lowest BCUT2D eigenvalue weighted by molar-refractivity contribution is 0.203. The van der Waals surface area contributed by atoms with Crippen LogP contribution in [0.1, 0.15) is 35.8 Å². The second-order valence-corrected chi connectivity index (χ2v) is 6.65. The Kier molecular flexibility index (Phi) is 4.57. The highest BCUT2D eigenvalue weighted by Crippen LogP contribution is 2.30. The van der Waals surface area contributed by atoms with Crippen molar-refractivity contribution in [2.45, 2.75) is 32.2 Å². The minimum absolute atomic E-state index is 0.456. The highest BCUT2D eigenvalue weighted by atomic mass is 15.1. The minimum Gasteiger partial charge on any atom is -0.299 e. The van der Waals surface area contributed by atoms with Gasteiger partial charge in [0, 0.05) is 37.3 Å². The van der Waals surface area contributed by atoms with Crippen LogP contribution in [-0.2, 0) is 6.54 Å². The third-order valence-corrected chi connectivity index (χ3v) is 4.98. The Balaban J connectivity index is 1.47. The highest BCUT2D eigenvalue weighted by Gasteiger charge is 2.25. The molecule has 1 aliphatic heterocycles. The lowest BCUT2D eigenvalue weighted by atomic mass is 9.92. The van der Waals surface area contributed by atoms with Crippen molar-refractivity contribution in [2.75, 3.05) is 13.1 Å². The van der Waals surface area contributed by atoms with Crippen molar-refractivity contribution in [2.24, 2.45) is 0 Å². The average molecular weight is 333 g/mol. The second kappa shape index (κ2) is 7.15. The summed E-state index contributed by atoms with van der Waals surface area (Å²) in [5.74, 6) is 2.33. The summed E-state index contributed by atoms with van der Waals surface area (Å²) in [5, 5.41) is 0. The first-order chi connectivity index (χ1) is 12.3. The van der Waals surface area contributed by atoms with Crippen LogP contribution in [0.2, 0.25) is 0 Å². The molecule has 0 bridgehead atoms. The van der Waals surface area contributed by atoms with Crippen molar-refractivity contribution in [1.82, 2.24) is 24.4 Å². The van der Waals surface area contributed by atoms with Crippen molar-refractivity contribution in [1.29, 1.82) is 0 Å². The summed E-state index contributed by atoms with van der Waals surface area (Å²) in [7, 11) is 0. The molecular weight excluding hydrogens is 310 g/mol. The number of imidazole rings is 1. The van der Waals surface area contributed by atoms with Gasteiger partial charge >= 0.3 is 0 Å². The predicted molar refractivity (Wildman–Crippen MR) is 97.6 cm³/mol. The van der Waals surface area contributed by atoms with Crippen molar-refractivity contribution in [3.63, 3.8) is 0 Å². The lowest BCUT2D eigenvalue weighted by Crippen LogP contribution is -2.33. The van der Waals surface area contributed by atoms with E-state index in [1.165, 1.54) is 5.56 Å². The lowest BCUT2D eigenvalue weighted by Gasteiger charge is -2.32. The van der Waals surface area contributed by atoms with E-state index in [2.05, 4.69) is 50.2 Å². The van der Waals surface area contributed by atoms with Gasteiger partial charge in [0.2, 0.25) is 0 Å². The molecule has 1 fully saturated rings. The fraction of sp³-hybridized carbons (Fsp3) is 0.350.